The molecule has 1 saturated heterocycles. The van der Waals surface area contributed by atoms with Crippen LogP contribution in [0.5, 0.6) is 11.5 Å². The van der Waals surface area contributed by atoms with Crippen LogP contribution in [0.4, 0.5) is 0 Å². The van der Waals surface area contributed by atoms with Crippen molar-refractivity contribution in [1.82, 2.24) is 15.4 Å². The normalized spacial score (nSPS) is 15.2. The van der Waals surface area contributed by atoms with Crippen molar-refractivity contribution in [2.24, 2.45) is 0 Å². The fourth-order valence-electron chi connectivity index (χ4n) is 4.07. The Morgan fingerprint density at radius 2 is 1.62 bits per heavy atom. The number of nitrogens with one attached hydrogen (secondary N) is 1. The quantitative estimate of drug-likeness (QED) is 0.568. The Kier molecular flexibility index (Phi) is 7.07. The van der Waals surface area contributed by atoms with Crippen molar-refractivity contribution in [3.05, 3.63) is 65.9 Å². The number of likely N-dealkylation sites (tertiary alicyclic amines) is 1. The average molecular weight is 436 g/mol. The van der Waals surface area contributed by atoms with Gasteiger partial charge in [0, 0.05) is 18.2 Å². The predicted molar refractivity (Wildman–Crippen MR) is 122 cm³/mol. The number of hydrogen-bond donors (Lipinski definition) is 1. The number of rotatable bonds is 8. The van der Waals surface area contributed by atoms with Crippen LogP contribution in [0.25, 0.3) is 11.3 Å². The largest absolute Gasteiger partial charge is 0.497 e. The summed E-state index contributed by atoms with van der Waals surface area (Å²) in [6, 6.07) is 17.3. The zero-order chi connectivity index (χ0) is 22.3. The second kappa shape index (κ2) is 10.3. The predicted octanol–water partition coefficient (Wildman–Crippen LogP) is 4.32. The molecule has 0 unspecified atom stereocenters. The lowest BCUT2D eigenvalue weighted by molar-refractivity contribution is 0.0915. The van der Waals surface area contributed by atoms with E-state index in [1.807, 2.05) is 36.4 Å². The average Bonchev–Trinajstić information content (AvgIpc) is 3.36. The number of nitrogens with zero attached hydrogens (tertiary/aromatic N) is 2. The molecule has 1 N–H and O–H groups in total. The van der Waals surface area contributed by atoms with Crippen LogP contribution in [0.3, 0.4) is 0 Å². The molecule has 7 heteroatoms. The van der Waals surface area contributed by atoms with Crippen LogP contribution in [0, 0.1) is 0 Å². The van der Waals surface area contributed by atoms with Gasteiger partial charge in [-0.05, 0) is 67.9 Å². The SMILES string of the molecule is COc1ccc(-c2cc(C(=O)NC[C@H](c3ccc(OC)cc3)N3CCCCC3)no2)cc1. The molecule has 3 aromatic rings. The Morgan fingerprint density at radius 3 is 2.25 bits per heavy atom. The number of hydrogen-bond acceptors (Lipinski definition) is 6. The third-order valence-electron chi connectivity index (χ3n) is 5.91. The van der Waals surface area contributed by atoms with E-state index in [4.69, 9.17) is 14.0 Å². The Morgan fingerprint density at radius 1 is 1.00 bits per heavy atom. The first-order valence-corrected chi connectivity index (χ1v) is 11.0. The van der Waals surface area contributed by atoms with Crippen LogP contribution in [-0.4, -0.2) is 49.8 Å². The zero-order valence-corrected chi connectivity index (χ0v) is 18.5. The number of carbonyl (C=O) groups excluding carboxylic acids is 1. The van der Waals surface area contributed by atoms with Crippen molar-refractivity contribution < 1.29 is 18.8 Å². The van der Waals surface area contributed by atoms with E-state index in [2.05, 4.69) is 27.5 Å². The maximum absolute atomic E-state index is 12.8. The lowest BCUT2D eigenvalue weighted by Crippen LogP contribution is -2.40. The van der Waals surface area contributed by atoms with Gasteiger partial charge in [-0.2, -0.15) is 0 Å². The second-order valence-electron chi connectivity index (χ2n) is 7.90. The minimum absolute atomic E-state index is 0.0955. The molecule has 1 amide bonds. The van der Waals surface area contributed by atoms with Gasteiger partial charge < -0.3 is 19.3 Å². The Hall–Kier alpha value is -3.32. The van der Waals surface area contributed by atoms with Gasteiger partial charge in [0.25, 0.3) is 5.91 Å². The topological polar surface area (TPSA) is 76.8 Å². The summed E-state index contributed by atoms with van der Waals surface area (Å²) in [4.78, 5) is 15.3. The van der Waals surface area contributed by atoms with Crippen molar-refractivity contribution in [3.63, 3.8) is 0 Å². The van der Waals surface area contributed by atoms with Gasteiger partial charge in [-0.3, -0.25) is 9.69 Å². The Balaban J connectivity index is 1.45. The fourth-order valence-corrected chi connectivity index (χ4v) is 4.07. The molecule has 1 atom stereocenters. The van der Waals surface area contributed by atoms with Crippen LogP contribution in [0.15, 0.2) is 59.1 Å². The maximum Gasteiger partial charge on any atom is 0.273 e. The maximum atomic E-state index is 12.8. The van der Waals surface area contributed by atoms with Gasteiger partial charge in [0.2, 0.25) is 0 Å². The van der Waals surface area contributed by atoms with Crippen LogP contribution in [0.1, 0.15) is 41.4 Å². The number of carbonyl (C=O) groups is 1. The van der Waals surface area contributed by atoms with E-state index >= 15 is 0 Å². The molecule has 0 radical (unpaired) electrons. The lowest BCUT2D eigenvalue weighted by Gasteiger charge is -2.35. The molecule has 32 heavy (non-hydrogen) atoms. The van der Waals surface area contributed by atoms with Gasteiger partial charge in [-0.15, -0.1) is 0 Å². The van der Waals surface area contributed by atoms with E-state index in [1.54, 1.807) is 20.3 Å². The number of ether oxygens (including phenoxy) is 2. The number of benzene rings is 2. The summed E-state index contributed by atoms with van der Waals surface area (Å²) in [5.41, 5.74) is 2.26. The highest BCUT2D eigenvalue weighted by atomic mass is 16.5. The lowest BCUT2D eigenvalue weighted by atomic mass is 10.0. The second-order valence-corrected chi connectivity index (χ2v) is 7.90. The van der Waals surface area contributed by atoms with Gasteiger partial charge in [0.1, 0.15) is 11.5 Å². The molecule has 1 aliphatic rings. The molecule has 2 aromatic carbocycles. The molecule has 0 spiro atoms. The van der Waals surface area contributed by atoms with Crippen LogP contribution >= 0.6 is 0 Å². The van der Waals surface area contributed by atoms with Gasteiger partial charge in [0.15, 0.2) is 11.5 Å². The van der Waals surface area contributed by atoms with Crippen LogP contribution in [-0.2, 0) is 0 Å². The van der Waals surface area contributed by atoms with E-state index in [1.165, 1.54) is 19.3 Å². The van der Waals surface area contributed by atoms with Gasteiger partial charge in [0.05, 0.1) is 20.3 Å². The highest BCUT2D eigenvalue weighted by Crippen LogP contribution is 2.26. The minimum Gasteiger partial charge on any atom is -0.497 e. The standard InChI is InChI=1S/C25H29N3O4/c1-30-20-10-6-18(7-11-20)23(28-14-4-3-5-15-28)17-26-25(29)22-16-24(32-27-22)19-8-12-21(31-2)13-9-19/h6-13,16,23H,3-5,14-15,17H2,1-2H3,(H,26,29)/t23-/m1/s1. The van der Waals surface area contributed by atoms with Crippen molar-refractivity contribution in [2.75, 3.05) is 33.9 Å². The fraction of sp³-hybridized carbons (Fsp3) is 0.360. The molecular formula is C25H29N3O4. The summed E-state index contributed by atoms with van der Waals surface area (Å²) in [5.74, 6) is 1.88. The third kappa shape index (κ3) is 5.11. The van der Waals surface area contributed by atoms with E-state index < -0.39 is 0 Å². The molecule has 4 rings (SSSR count). The van der Waals surface area contributed by atoms with E-state index in [0.717, 1.165) is 35.7 Å². The highest BCUT2D eigenvalue weighted by molar-refractivity contribution is 5.93. The summed E-state index contributed by atoms with van der Waals surface area (Å²) in [6.07, 6.45) is 3.61. The molecule has 1 fully saturated rings. The molecule has 2 heterocycles. The van der Waals surface area contributed by atoms with Crippen LogP contribution in [0.2, 0.25) is 0 Å². The first-order valence-electron chi connectivity index (χ1n) is 11.0. The first kappa shape index (κ1) is 21.9. The van der Waals surface area contributed by atoms with Crippen molar-refractivity contribution in [3.8, 4) is 22.8 Å². The number of piperidine rings is 1. The van der Waals surface area contributed by atoms with Crippen molar-refractivity contribution in [2.45, 2.75) is 25.3 Å². The van der Waals surface area contributed by atoms with Crippen LogP contribution < -0.4 is 14.8 Å². The summed E-state index contributed by atoms with van der Waals surface area (Å²) >= 11 is 0. The molecule has 0 bridgehead atoms. The van der Waals surface area contributed by atoms with E-state index in [-0.39, 0.29) is 17.6 Å². The van der Waals surface area contributed by atoms with E-state index in [0.29, 0.717) is 12.3 Å². The third-order valence-corrected chi connectivity index (χ3v) is 5.91. The molecule has 7 nitrogen and oxygen atoms in total. The summed E-state index contributed by atoms with van der Waals surface area (Å²) in [7, 11) is 3.28. The number of amides is 1. The van der Waals surface area contributed by atoms with Crippen molar-refractivity contribution in [1.29, 1.82) is 0 Å². The number of methoxy groups -OCH3 is 2. The van der Waals surface area contributed by atoms with Gasteiger partial charge >= 0.3 is 0 Å². The molecule has 1 aromatic heterocycles. The monoisotopic (exact) mass is 435 g/mol. The summed E-state index contributed by atoms with van der Waals surface area (Å²) in [6.45, 7) is 2.55. The molecule has 1 aliphatic heterocycles. The smallest absolute Gasteiger partial charge is 0.273 e. The molecule has 0 aliphatic carbocycles. The highest BCUT2D eigenvalue weighted by Gasteiger charge is 2.24. The first-order chi connectivity index (χ1) is 15.7. The Labute approximate surface area is 188 Å². The summed E-state index contributed by atoms with van der Waals surface area (Å²) < 4.78 is 15.9. The minimum atomic E-state index is -0.246. The molecule has 168 valence electrons. The molecular weight excluding hydrogens is 406 g/mol. The Bertz CT molecular complexity index is 1010. The zero-order valence-electron chi connectivity index (χ0n) is 18.5. The number of aromatic nitrogens is 1. The summed E-state index contributed by atoms with van der Waals surface area (Å²) in [5, 5.41) is 7.02. The van der Waals surface area contributed by atoms with E-state index in [9.17, 15) is 4.79 Å². The van der Waals surface area contributed by atoms with Gasteiger partial charge in [-0.1, -0.05) is 23.7 Å². The molecule has 0 saturated carbocycles. The van der Waals surface area contributed by atoms with Gasteiger partial charge in [-0.25, -0.2) is 0 Å². The van der Waals surface area contributed by atoms with Crippen molar-refractivity contribution >= 4 is 5.91 Å².